The van der Waals surface area contributed by atoms with Gasteiger partial charge in [0.15, 0.2) is 0 Å². The Labute approximate surface area is 119 Å². The van der Waals surface area contributed by atoms with Gasteiger partial charge >= 0.3 is 0 Å². The van der Waals surface area contributed by atoms with Crippen molar-refractivity contribution >= 4 is 10.0 Å². The topological polar surface area (TPSA) is 86.3 Å². The predicted octanol–water partition coefficient (Wildman–Crippen LogP) is 1.03. The van der Waals surface area contributed by atoms with Crippen LogP contribution < -0.4 is 0 Å². The second-order valence-electron chi connectivity index (χ2n) is 5.85. The lowest BCUT2D eigenvalue weighted by atomic mass is 9.95. The fourth-order valence-electron chi connectivity index (χ4n) is 3.64. The van der Waals surface area contributed by atoms with E-state index in [0.717, 1.165) is 32.1 Å². The molecular formula is C13H21N3O3S. The number of aliphatic hydroxyl groups excluding tert-OH is 1. The molecule has 3 unspecified atom stereocenters. The number of H-pyrrole nitrogens is 1. The molecule has 0 amide bonds. The van der Waals surface area contributed by atoms with Crippen LogP contribution in [0, 0.1) is 12.8 Å². The number of aromatic nitrogens is 2. The molecule has 0 bridgehead atoms. The summed E-state index contributed by atoms with van der Waals surface area (Å²) in [6.07, 6.45) is 5.43. The molecule has 0 radical (unpaired) electrons. The normalized spacial score (nSPS) is 32.0. The molecule has 0 aromatic carbocycles. The Kier molecular flexibility index (Phi) is 3.60. The van der Waals surface area contributed by atoms with Crippen molar-refractivity contribution in [3.05, 3.63) is 11.9 Å². The third-order valence-corrected chi connectivity index (χ3v) is 6.68. The lowest BCUT2D eigenvalue weighted by Gasteiger charge is -2.30. The highest BCUT2D eigenvalue weighted by molar-refractivity contribution is 7.89. The first-order chi connectivity index (χ1) is 9.51. The van der Waals surface area contributed by atoms with Crippen LogP contribution in [0.4, 0.5) is 0 Å². The van der Waals surface area contributed by atoms with Crippen molar-refractivity contribution in [2.24, 2.45) is 5.92 Å². The molecule has 2 N–H and O–H groups in total. The molecule has 1 saturated heterocycles. The Morgan fingerprint density at radius 3 is 2.75 bits per heavy atom. The van der Waals surface area contributed by atoms with Gasteiger partial charge in [-0.25, -0.2) is 8.42 Å². The zero-order chi connectivity index (χ0) is 14.3. The standard InChI is InChI=1S/C13H21N3O3S/c1-9-13(8-14-15-9)20(18,19)16-7-3-5-11(16)10-4-2-6-12(10)17/h8,10-12,17H,2-7H2,1H3,(H,14,15). The Balaban J connectivity index is 1.90. The van der Waals surface area contributed by atoms with E-state index in [1.807, 2.05) is 0 Å². The third kappa shape index (κ3) is 2.17. The van der Waals surface area contributed by atoms with Gasteiger partial charge < -0.3 is 5.11 Å². The van der Waals surface area contributed by atoms with E-state index in [4.69, 9.17) is 0 Å². The third-order valence-electron chi connectivity index (χ3n) is 4.64. The number of nitrogens with zero attached hydrogens (tertiary/aromatic N) is 2. The van der Waals surface area contributed by atoms with Gasteiger partial charge in [0.2, 0.25) is 10.0 Å². The van der Waals surface area contributed by atoms with E-state index < -0.39 is 10.0 Å². The summed E-state index contributed by atoms with van der Waals surface area (Å²) in [5.41, 5.74) is 0.572. The summed E-state index contributed by atoms with van der Waals surface area (Å²) < 4.78 is 27.1. The van der Waals surface area contributed by atoms with Crippen LogP contribution in [-0.4, -0.2) is 46.7 Å². The Morgan fingerprint density at radius 1 is 1.35 bits per heavy atom. The van der Waals surface area contributed by atoms with Gasteiger partial charge in [-0.15, -0.1) is 0 Å². The Hall–Kier alpha value is -0.920. The van der Waals surface area contributed by atoms with Crippen molar-refractivity contribution in [1.82, 2.24) is 14.5 Å². The summed E-state index contributed by atoms with van der Waals surface area (Å²) in [6, 6.07) is -0.0631. The summed E-state index contributed by atoms with van der Waals surface area (Å²) in [5.74, 6) is 0.0829. The first kappa shape index (κ1) is 14.0. The van der Waals surface area contributed by atoms with Crippen LogP contribution in [0.25, 0.3) is 0 Å². The molecule has 7 heteroatoms. The smallest absolute Gasteiger partial charge is 0.246 e. The van der Waals surface area contributed by atoms with Crippen molar-refractivity contribution in [3.8, 4) is 0 Å². The van der Waals surface area contributed by atoms with Crippen molar-refractivity contribution in [1.29, 1.82) is 0 Å². The molecule has 2 aliphatic rings. The van der Waals surface area contributed by atoms with Crippen LogP contribution in [0.15, 0.2) is 11.1 Å². The van der Waals surface area contributed by atoms with E-state index in [1.165, 1.54) is 6.20 Å². The van der Waals surface area contributed by atoms with Gasteiger partial charge in [0, 0.05) is 18.5 Å². The summed E-state index contributed by atoms with van der Waals surface area (Å²) in [7, 11) is -3.51. The number of nitrogens with one attached hydrogen (secondary N) is 1. The summed E-state index contributed by atoms with van der Waals surface area (Å²) in [6.45, 7) is 2.26. The number of aryl methyl sites for hydroxylation is 1. The van der Waals surface area contributed by atoms with Gasteiger partial charge in [-0.2, -0.15) is 9.40 Å². The van der Waals surface area contributed by atoms with Gasteiger partial charge in [0.1, 0.15) is 4.90 Å². The number of sulfonamides is 1. The van der Waals surface area contributed by atoms with Crippen LogP contribution in [0.2, 0.25) is 0 Å². The maximum absolute atomic E-state index is 12.8. The molecule has 2 heterocycles. The van der Waals surface area contributed by atoms with E-state index in [2.05, 4.69) is 10.2 Å². The lowest BCUT2D eigenvalue weighted by Crippen LogP contribution is -2.42. The van der Waals surface area contributed by atoms with E-state index in [9.17, 15) is 13.5 Å². The Morgan fingerprint density at radius 2 is 2.15 bits per heavy atom. The quantitative estimate of drug-likeness (QED) is 0.873. The summed E-state index contributed by atoms with van der Waals surface area (Å²) in [4.78, 5) is 0.261. The average molecular weight is 299 g/mol. The van der Waals surface area contributed by atoms with Crippen LogP contribution in [0.3, 0.4) is 0 Å². The lowest BCUT2D eigenvalue weighted by molar-refractivity contribution is 0.0975. The van der Waals surface area contributed by atoms with Gasteiger partial charge in [-0.3, -0.25) is 5.10 Å². The number of hydrogen-bond donors (Lipinski definition) is 2. The number of aliphatic hydroxyl groups is 1. The zero-order valence-corrected chi connectivity index (χ0v) is 12.4. The second-order valence-corrected chi connectivity index (χ2v) is 7.71. The predicted molar refractivity (Wildman–Crippen MR) is 73.6 cm³/mol. The fraction of sp³-hybridized carbons (Fsp3) is 0.769. The van der Waals surface area contributed by atoms with Crippen molar-refractivity contribution in [3.63, 3.8) is 0 Å². The fourth-order valence-corrected chi connectivity index (χ4v) is 5.49. The average Bonchev–Trinajstić information content (AvgIpc) is 3.07. The second kappa shape index (κ2) is 5.13. The minimum absolute atomic E-state index is 0.0631. The number of rotatable bonds is 3. The molecule has 1 saturated carbocycles. The molecule has 1 aromatic rings. The van der Waals surface area contributed by atoms with Gasteiger partial charge in [-0.1, -0.05) is 6.42 Å². The van der Waals surface area contributed by atoms with Crippen molar-refractivity contribution in [2.75, 3.05) is 6.54 Å². The van der Waals surface area contributed by atoms with Gasteiger partial charge in [-0.05, 0) is 32.6 Å². The van der Waals surface area contributed by atoms with E-state index in [0.29, 0.717) is 12.2 Å². The van der Waals surface area contributed by atoms with Crippen LogP contribution in [-0.2, 0) is 10.0 Å². The summed E-state index contributed by atoms with van der Waals surface area (Å²) in [5, 5.41) is 16.6. The molecule has 6 nitrogen and oxygen atoms in total. The van der Waals surface area contributed by atoms with E-state index in [1.54, 1.807) is 11.2 Å². The highest BCUT2D eigenvalue weighted by atomic mass is 32.2. The maximum atomic E-state index is 12.8. The largest absolute Gasteiger partial charge is 0.393 e. The SMILES string of the molecule is Cc1[nH]ncc1S(=O)(=O)N1CCCC1C1CCCC1O. The highest BCUT2D eigenvalue weighted by Gasteiger charge is 2.44. The molecule has 2 fully saturated rings. The van der Waals surface area contributed by atoms with Crippen LogP contribution in [0.5, 0.6) is 0 Å². The number of aromatic amines is 1. The van der Waals surface area contributed by atoms with Crippen molar-refractivity contribution < 1.29 is 13.5 Å². The molecule has 20 heavy (non-hydrogen) atoms. The Bertz CT molecular complexity index is 583. The van der Waals surface area contributed by atoms with E-state index in [-0.39, 0.29) is 23.0 Å². The summed E-state index contributed by atoms with van der Waals surface area (Å²) >= 11 is 0. The van der Waals surface area contributed by atoms with Crippen LogP contribution >= 0.6 is 0 Å². The monoisotopic (exact) mass is 299 g/mol. The molecular weight excluding hydrogens is 278 g/mol. The molecule has 1 aliphatic carbocycles. The molecule has 1 aromatic heterocycles. The highest BCUT2D eigenvalue weighted by Crippen LogP contribution is 2.38. The molecule has 3 atom stereocenters. The van der Waals surface area contributed by atoms with Gasteiger partial charge in [0.05, 0.1) is 18.0 Å². The minimum Gasteiger partial charge on any atom is -0.393 e. The molecule has 112 valence electrons. The maximum Gasteiger partial charge on any atom is 0.246 e. The molecule has 0 spiro atoms. The van der Waals surface area contributed by atoms with Crippen LogP contribution in [0.1, 0.15) is 37.8 Å². The first-order valence-corrected chi connectivity index (χ1v) is 8.65. The molecule has 1 aliphatic heterocycles. The minimum atomic E-state index is -3.51. The first-order valence-electron chi connectivity index (χ1n) is 7.21. The van der Waals surface area contributed by atoms with Gasteiger partial charge in [0.25, 0.3) is 0 Å². The zero-order valence-electron chi connectivity index (χ0n) is 11.6. The van der Waals surface area contributed by atoms with Crippen molar-refractivity contribution in [2.45, 2.75) is 56.1 Å². The number of hydrogen-bond acceptors (Lipinski definition) is 4. The molecule has 3 rings (SSSR count). The van der Waals surface area contributed by atoms with E-state index >= 15 is 0 Å².